The Morgan fingerprint density at radius 2 is 1.95 bits per heavy atom. The van der Waals surface area contributed by atoms with Crippen molar-refractivity contribution >= 4 is 23.4 Å². The monoisotopic (exact) mass is 296 g/mol. The maximum atomic E-state index is 5.95. The van der Waals surface area contributed by atoms with Crippen LogP contribution in [0.2, 0.25) is 5.02 Å². The summed E-state index contributed by atoms with van der Waals surface area (Å²) in [7, 11) is 1.64. The zero-order valence-corrected chi connectivity index (χ0v) is 11.9. The Balaban J connectivity index is 1.76. The lowest BCUT2D eigenvalue weighted by molar-refractivity contribution is 0.342. The van der Waals surface area contributed by atoms with Gasteiger partial charge in [-0.25, -0.2) is 9.97 Å². The van der Waals surface area contributed by atoms with Crippen LogP contribution >= 0.6 is 23.4 Å². The molecule has 1 aromatic heterocycles. The summed E-state index contributed by atoms with van der Waals surface area (Å²) in [5.41, 5.74) is 0. The summed E-state index contributed by atoms with van der Waals surface area (Å²) < 4.78 is 10.7. The molecule has 0 bridgehead atoms. The van der Waals surface area contributed by atoms with Gasteiger partial charge in [-0.15, -0.1) is 11.8 Å². The molecule has 100 valence electrons. The molecule has 0 radical (unpaired) electrons. The quantitative estimate of drug-likeness (QED) is 0.465. The molecule has 2 aromatic rings. The second-order valence-electron chi connectivity index (χ2n) is 3.55. The molecule has 0 aliphatic carbocycles. The number of ether oxygens (including phenoxy) is 2. The van der Waals surface area contributed by atoms with E-state index >= 15 is 0 Å². The van der Waals surface area contributed by atoms with Gasteiger partial charge in [0, 0.05) is 5.75 Å². The van der Waals surface area contributed by atoms with E-state index in [1.54, 1.807) is 25.1 Å². The summed E-state index contributed by atoms with van der Waals surface area (Å²) in [4.78, 5) is 7.93. The fourth-order valence-corrected chi connectivity index (χ4v) is 2.32. The molecule has 1 heterocycles. The van der Waals surface area contributed by atoms with Crippen molar-refractivity contribution < 1.29 is 9.47 Å². The van der Waals surface area contributed by atoms with Gasteiger partial charge >= 0.3 is 0 Å². The van der Waals surface area contributed by atoms with Gasteiger partial charge in [0.1, 0.15) is 22.9 Å². The zero-order chi connectivity index (χ0) is 13.5. The van der Waals surface area contributed by atoms with Gasteiger partial charge in [0.05, 0.1) is 24.9 Å². The standard InChI is InChI=1S/C13H13ClN2O2S/c1-17-10-2-4-11(5-3-10)18-6-7-19-13-12(14)8-15-9-16-13/h2-5,8-9H,6-7H2,1H3. The number of halogens is 1. The van der Waals surface area contributed by atoms with Gasteiger partial charge in [-0.1, -0.05) is 11.6 Å². The van der Waals surface area contributed by atoms with Gasteiger partial charge < -0.3 is 9.47 Å². The maximum Gasteiger partial charge on any atom is 0.119 e. The van der Waals surface area contributed by atoms with Crippen LogP contribution in [0.25, 0.3) is 0 Å². The van der Waals surface area contributed by atoms with E-state index in [1.807, 2.05) is 24.3 Å². The van der Waals surface area contributed by atoms with Gasteiger partial charge in [0.25, 0.3) is 0 Å². The fourth-order valence-electron chi connectivity index (χ4n) is 1.38. The number of hydrogen-bond donors (Lipinski definition) is 0. The van der Waals surface area contributed by atoms with E-state index in [1.165, 1.54) is 6.33 Å². The first-order chi connectivity index (χ1) is 9.29. The van der Waals surface area contributed by atoms with Crippen LogP contribution in [0.4, 0.5) is 0 Å². The highest BCUT2D eigenvalue weighted by atomic mass is 35.5. The number of methoxy groups -OCH3 is 1. The van der Waals surface area contributed by atoms with Crippen molar-refractivity contribution in [1.29, 1.82) is 0 Å². The minimum Gasteiger partial charge on any atom is -0.497 e. The molecule has 0 aliphatic rings. The van der Waals surface area contributed by atoms with Gasteiger partial charge in [0.15, 0.2) is 0 Å². The third-order valence-electron chi connectivity index (χ3n) is 2.28. The summed E-state index contributed by atoms with van der Waals surface area (Å²) in [5, 5.41) is 1.34. The van der Waals surface area contributed by atoms with E-state index in [9.17, 15) is 0 Å². The second kappa shape index (κ2) is 7.21. The summed E-state index contributed by atoms with van der Waals surface area (Å²) in [6.45, 7) is 0.581. The third-order valence-corrected chi connectivity index (χ3v) is 3.64. The Morgan fingerprint density at radius 1 is 1.21 bits per heavy atom. The molecule has 0 aliphatic heterocycles. The van der Waals surface area contributed by atoms with E-state index in [0.29, 0.717) is 11.6 Å². The highest BCUT2D eigenvalue weighted by molar-refractivity contribution is 7.99. The van der Waals surface area contributed by atoms with Gasteiger partial charge in [-0.05, 0) is 24.3 Å². The molecule has 2 rings (SSSR count). The van der Waals surface area contributed by atoms with Crippen molar-refractivity contribution in [2.45, 2.75) is 5.03 Å². The second-order valence-corrected chi connectivity index (χ2v) is 5.04. The van der Waals surface area contributed by atoms with Gasteiger partial charge in [-0.3, -0.25) is 0 Å². The van der Waals surface area contributed by atoms with Crippen molar-refractivity contribution in [3.05, 3.63) is 41.8 Å². The topological polar surface area (TPSA) is 44.2 Å². The Labute approximate surface area is 121 Å². The fraction of sp³-hybridized carbons (Fsp3) is 0.231. The van der Waals surface area contributed by atoms with Crippen LogP contribution in [0.1, 0.15) is 0 Å². The third kappa shape index (κ3) is 4.29. The van der Waals surface area contributed by atoms with E-state index in [4.69, 9.17) is 21.1 Å². The van der Waals surface area contributed by atoms with Crippen LogP contribution in [-0.2, 0) is 0 Å². The average Bonchev–Trinajstić information content (AvgIpc) is 2.46. The van der Waals surface area contributed by atoms with E-state index in [0.717, 1.165) is 22.3 Å². The molecule has 19 heavy (non-hydrogen) atoms. The lowest BCUT2D eigenvalue weighted by Gasteiger charge is -2.07. The Kier molecular flexibility index (Phi) is 5.30. The molecular weight excluding hydrogens is 284 g/mol. The van der Waals surface area contributed by atoms with Crippen LogP contribution in [-0.4, -0.2) is 29.4 Å². The van der Waals surface area contributed by atoms with E-state index in [-0.39, 0.29) is 0 Å². The highest BCUT2D eigenvalue weighted by Crippen LogP contribution is 2.23. The molecule has 0 fully saturated rings. The van der Waals surface area contributed by atoms with Crippen molar-refractivity contribution in [1.82, 2.24) is 9.97 Å². The number of rotatable bonds is 6. The molecule has 0 saturated carbocycles. The molecule has 0 spiro atoms. The number of hydrogen-bond acceptors (Lipinski definition) is 5. The molecule has 0 N–H and O–H groups in total. The van der Waals surface area contributed by atoms with Crippen LogP contribution < -0.4 is 9.47 Å². The number of nitrogens with zero attached hydrogens (tertiary/aromatic N) is 2. The zero-order valence-electron chi connectivity index (χ0n) is 10.4. The minimum atomic E-state index is 0.567. The van der Waals surface area contributed by atoms with Crippen LogP contribution in [0.15, 0.2) is 41.8 Å². The van der Waals surface area contributed by atoms with E-state index < -0.39 is 0 Å². The SMILES string of the molecule is COc1ccc(OCCSc2ncncc2Cl)cc1. The van der Waals surface area contributed by atoms with Crippen LogP contribution in [0, 0.1) is 0 Å². The number of thioether (sulfide) groups is 1. The maximum absolute atomic E-state index is 5.95. The summed E-state index contributed by atoms with van der Waals surface area (Å²) >= 11 is 7.49. The first-order valence-electron chi connectivity index (χ1n) is 5.65. The Bertz CT molecular complexity index is 522. The summed E-state index contributed by atoms with van der Waals surface area (Å²) in [6.07, 6.45) is 3.07. The summed E-state index contributed by atoms with van der Waals surface area (Å²) in [6, 6.07) is 7.48. The molecule has 4 nitrogen and oxygen atoms in total. The first kappa shape index (κ1) is 14.0. The number of aromatic nitrogens is 2. The molecular formula is C13H13ClN2O2S. The van der Waals surface area contributed by atoms with Crippen LogP contribution in [0.5, 0.6) is 11.5 Å². The molecule has 6 heteroatoms. The predicted octanol–water partition coefficient (Wildman–Crippen LogP) is 3.31. The smallest absolute Gasteiger partial charge is 0.119 e. The average molecular weight is 297 g/mol. The molecule has 0 unspecified atom stereocenters. The molecule has 0 atom stereocenters. The molecule has 1 aromatic carbocycles. The van der Waals surface area contributed by atoms with Gasteiger partial charge in [0.2, 0.25) is 0 Å². The lowest BCUT2D eigenvalue weighted by Crippen LogP contribution is -2.00. The van der Waals surface area contributed by atoms with Crippen molar-refractivity contribution in [2.24, 2.45) is 0 Å². The van der Waals surface area contributed by atoms with Crippen LogP contribution in [0.3, 0.4) is 0 Å². The van der Waals surface area contributed by atoms with Crippen molar-refractivity contribution in [3.8, 4) is 11.5 Å². The summed E-state index contributed by atoms with van der Waals surface area (Å²) in [5.74, 6) is 2.40. The largest absolute Gasteiger partial charge is 0.497 e. The highest BCUT2D eigenvalue weighted by Gasteiger charge is 2.02. The molecule has 0 amide bonds. The Hall–Kier alpha value is -1.46. The minimum absolute atomic E-state index is 0.567. The van der Waals surface area contributed by atoms with Crippen molar-refractivity contribution in [3.63, 3.8) is 0 Å². The normalized spacial score (nSPS) is 10.2. The van der Waals surface area contributed by atoms with Gasteiger partial charge in [-0.2, -0.15) is 0 Å². The first-order valence-corrected chi connectivity index (χ1v) is 7.01. The number of benzene rings is 1. The van der Waals surface area contributed by atoms with E-state index in [2.05, 4.69) is 9.97 Å². The lowest BCUT2D eigenvalue weighted by atomic mass is 10.3. The predicted molar refractivity (Wildman–Crippen MR) is 76.3 cm³/mol. The molecule has 0 saturated heterocycles. The Morgan fingerprint density at radius 3 is 2.63 bits per heavy atom. The van der Waals surface area contributed by atoms with Crippen molar-refractivity contribution in [2.75, 3.05) is 19.5 Å².